The summed E-state index contributed by atoms with van der Waals surface area (Å²) in [7, 11) is 0. The summed E-state index contributed by atoms with van der Waals surface area (Å²) in [6, 6.07) is 10.6. The Hall–Kier alpha value is -3.43. The number of halogens is 3. The van der Waals surface area contributed by atoms with Gasteiger partial charge in [0.05, 0.1) is 12.5 Å². The minimum absolute atomic E-state index is 0.0126. The Bertz CT molecular complexity index is 1300. The van der Waals surface area contributed by atoms with Gasteiger partial charge in [0, 0.05) is 17.0 Å². The molecule has 0 amide bonds. The Balaban J connectivity index is 1.22. The largest absolute Gasteiger partial charge is 0.573 e. The third-order valence-electron chi connectivity index (χ3n) is 8.73. The molecule has 0 radical (unpaired) electrons. The van der Waals surface area contributed by atoms with Crippen LogP contribution in [0.25, 0.3) is 10.4 Å². The fourth-order valence-electron chi connectivity index (χ4n) is 6.44. The number of likely N-dealkylation sites (tertiary alicyclic amines) is 1. The van der Waals surface area contributed by atoms with Crippen LogP contribution < -0.4 is 9.47 Å². The first-order valence-corrected chi connectivity index (χ1v) is 14.2. The first-order chi connectivity index (χ1) is 19.6. The first-order valence-electron chi connectivity index (χ1n) is 14.2. The van der Waals surface area contributed by atoms with Crippen LogP contribution in [0.3, 0.4) is 0 Å². The summed E-state index contributed by atoms with van der Waals surface area (Å²) >= 11 is 0. The summed E-state index contributed by atoms with van der Waals surface area (Å²) in [5.41, 5.74) is 11.8. The number of azide groups is 1. The van der Waals surface area contributed by atoms with Crippen LogP contribution in [0, 0.1) is 17.8 Å². The molecule has 2 aliphatic heterocycles. The quantitative estimate of drug-likeness (QED) is 0.184. The summed E-state index contributed by atoms with van der Waals surface area (Å²) in [5, 5.41) is 13.2. The zero-order chi connectivity index (χ0) is 29.1. The van der Waals surface area contributed by atoms with Crippen molar-refractivity contribution >= 4 is 5.97 Å². The van der Waals surface area contributed by atoms with Crippen molar-refractivity contribution in [1.29, 1.82) is 0 Å². The monoisotopic (exact) mass is 572 g/mol. The molecule has 1 saturated heterocycles. The van der Waals surface area contributed by atoms with E-state index in [2.05, 4.69) is 37.9 Å². The molecular weight excluding hydrogens is 537 g/mol. The van der Waals surface area contributed by atoms with E-state index < -0.39 is 18.2 Å². The molecule has 41 heavy (non-hydrogen) atoms. The fraction of sp³-hybridized carbons (Fsp3) is 0.567. The van der Waals surface area contributed by atoms with Crippen LogP contribution in [0.2, 0.25) is 0 Å². The lowest BCUT2D eigenvalue weighted by atomic mass is 9.81. The standard InChI is InChI=1S/C30H35F3N4O4/c1-18(29(38)39)28(22-4-5-22)23-6-3-20-7-9-25(40-27(20)15-23)21-10-12-37(13-11-21)17-24-14-19(16-35-36-34)2-8-26(24)41-30(31,32)33/h2-3,6,8,14-15,18,21-22,25,28H,4-5,7,9-13,16-17H2,1H3,(H,38,39)/t18?,25-,28?/m1/s1. The lowest BCUT2D eigenvalue weighted by Crippen LogP contribution is -2.40. The Kier molecular flexibility index (Phi) is 8.66. The third kappa shape index (κ3) is 7.26. The maximum absolute atomic E-state index is 13.0. The third-order valence-corrected chi connectivity index (χ3v) is 8.73. The maximum atomic E-state index is 13.0. The number of fused-ring (bicyclic) bond motifs is 1. The molecule has 3 atom stereocenters. The van der Waals surface area contributed by atoms with Gasteiger partial charge < -0.3 is 14.6 Å². The highest BCUT2D eigenvalue weighted by atomic mass is 19.4. The van der Waals surface area contributed by atoms with Crippen molar-refractivity contribution < 1.29 is 32.5 Å². The highest BCUT2D eigenvalue weighted by molar-refractivity contribution is 5.71. The highest BCUT2D eigenvalue weighted by Gasteiger charge is 2.39. The van der Waals surface area contributed by atoms with Crippen molar-refractivity contribution in [1.82, 2.24) is 4.90 Å². The van der Waals surface area contributed by atoms with E-state index in [1.54, 1.807) is 13.0 Å². The van der Waals surface area contributed by atoms with Gasteiger partial charge in [-0.05, 0) is 104 Å². The summed E-state index contributed by atoms with van der Waals surface area (Å²) in [4.78, 5) is 16.6. The first kappa shape index (κ1) is 29.1. The normalized spacial score (nSPS) is 21.2. The van der Waals surface area contributed by atoms with Gasteiger partial charge in [0.25, 0.3) is 0 Å². The van der Waals surface area contributed by atoms with Crippen LogP contribution >= 0.6 is 0 Å². The summed E-state index contributed by atoms with van der Waals surface area (Å²) < 4.78 is 49.8. The lowest BCUT2D eigenvalue weighted by molar-refractivity contribution is -0.275. The minimum Gasteiger partial charge on any atom is -0.490 e. The van der Waals surface area contributed by atoms with Gasteiger partial charge >= 0.3 is 12.3 Å². The fourth-order valence-corrected chi connectivity index (χ4v) is 6.44. The minimum atomic E-state index is -4.80. The Morgan fingerprint density at radius 2 is 1.93 bits per heavy atom. The molecule has 2 aromatic carbocycles. The van der Waals surface area contributed by atoms with E-state index in [1.807, 2.05) is 0 Å². The van der Waals surface area contributed by atoms with Crippen molar-refractivity contribution in [2.45, 2.75) is 76.9 Å². The number of carboxylic acids is 1. The second-order valence-electron chi connectivity index (χ2n) is 11.5. The van der Waals surface area contributed by atoms with Gasteiger partial charge in [-0.25, -0.2) is 0 Å². The van der Waals surface area contributed by atoms with E-state index in [-0.39, 0.29) is 24.3 Å². The predicted octanol–water partition coefficient (Wildman–Crippen LogP) is 7.22. The van der Waals surface area contributed by atoms with Crippen molar-refractivity contribution in [3.63, 3.8) is 0 Å². The number of piperidine rings is 1. The number of carboxylic acid groups (broad SMARTS) is 1. The van der Waals surface area contributed by atoms with E-state index in [0.29, 0.717) is 42.6 Å². The average molecular weight is 573 g/mol. The molecule has 0 spiro atoms. The molecule has 8 nitrogen and oxygen atoms in total. The topological polar surface area (TPSA) is 108 Å². The number of hydrogen-bond acceptors (Lipinski definition) is 5. The summed E-state index contributed by atoms with van der Waals surface area (Å²) in [6.45, 7) is 3.56. The molecule has 0 aromatic heterocycles. The highest BCUT2D eigenvalue weighted by Crippen LogP contribution is 2.48. The smallest absolute Gasteiger partial charge is 0.490 e. The molecule has 2 aromatic rings. The van der Waals surface area contributed by atoms with E-state index in [1.165, 1.54) is 12.1 Å². The molecule has 11 heteroatoms. The van der Waals surface area contributed by atoms with Crippen molar-refractivity contribution in [3.8, 4) is 11.5 Å². The molecule has 1 N–H and O–H groups in total. The van der Waals surface area contributed by atoms with Gasteiger partial charge in [-0.15, -0.1) is 13.2 Å². The zero-order valence-corrected chi connectivity index (χ0v) is 23.0. The average Bonchev–Trinajstić information content (AvgIpc) is 3.77. The SMILES string of the molecule is CC(C(=O)O)C(c1ccc2c(c1)O[C@@H](C1CCN(Cc3cc(CN=[N+]=[N-])ccc3OC(F)(F)F)CC1)CC2)C1CC1. The van der Waals surface area contributed by atoms with E-state index in [4.69, 9.17) is 10.3 Å². The second-order valence-corrected chi connectivity index (χ2v) is 11.5. The number of nitrogens with zero attached hydrogens (tertiary/aromatic N) is 4. The van der Waals surface area contributed by atoms with Gasteiger partial charge in [-0.1, -0.05) is 36.3 Å². The Labute approximate surface area is 237 Å². The van der Waals surface area contributed by atoms with Gasteiger partial charge in [0.1, 0.15) is 17.6 Å². The van der Waals surface area contributed by atoms with Gasteiger partial charge in [0.15, 0.2) is 0 Å². The van der Waals surface area contributed by atoms with Gasteiger partial charge in [-0.3, -0.25) is 9.69 Å². The molecule has 2 unspecified atom stereocenters. The summed E-state index contributed by atoms with van der Waals surface area (Å²) in [6.07, 6.45) is 0.883. The second kappa shape index (κ2) is 12.2. The van der Waals surface area contributed by atoms with Crippen molar-refractivity contribution in [3.05, 3.63) is 69.1 Å². The lowest BCUT2D eigenvalue weighted by Gasteiger charge is -2.38. The number of rotatable bonds is 10. The number of carbonyl (C=O) groups is 1. The predicted molar refractivity (Wildman–Crippen MR) is 145 cm³/mol. The Morgan fingerprint density at radius 3 is 2.59 bits per heavy atom. The van der Waals surface area contributed by atoms with Crippen LogP contribution in [0.5, 0.6) is 11.5 Å². The van der Waals surface area contributed by atoms with Crippen LogP contribution in [-0.4, -0.2) is 41.5 Å². The number of ether oxygens (including phenoxy) is 2. The van der Waals surface area contributed by atoms with E-state index >= 15 is 0 Å². The number of benzene rings is 2. The van der Waals surface area contributed by atoms with E-state index in [0.717, 1.165) is 55.4 Å². The zero-order valence-electron chi connectivity index (χ0n) is 23.0. The molecule has 3 aliphatic rings. The molecule has 1 aliphatic carbocycles. The van der Waals surface area contributed by atoms with Crippen LogP contribution in [0.1, 0.15) is 67.2 Å². The molecule has 5 rings (SSSR count). The van der Waals surface area contributed by atoms with Crippen molar-refractivity contribution in [2.24, 2.45) is 22.9 Å². The van der Waals surface area contributed by atoms with Gasteiger partial charge in [0.2, 0.25) is 0 Å². The molecule has 2 heterocycles. The molecule has 1 saturated carbocycles. The van der Waals surface area contributed by atoms with Gasteiger partial charge in [-0.2, -0.15) is 0 Å². The van der Waals surface area contributed by atoms with Crippen LogP contribution in [-0.2, 0) is 24.3 Å². The van der Waals surface area contributed by atoms with Crippen LogP contribution in [0.15, 0.2) is 41.5 Å². The Morgan fingerprint density at radius 1 is 1.17 bits per heavy atom. The van der Waals surface area contributed by atoms with Crippen LogP contribution in [0.4, 0.5) is 13.2 Å². The maximum Gasteiger partial charge on any atom is 0.573 e. The molecule has 0 bridgehead atoms. The number of aryl methyl sites for hydroxylation is 1. The molecule has 2 fully saturated rings. The van der Waals surface area contributed by atoms with E-state index in [9.17, 15) is 23.1 Å². The molecule has 220 valence electrons. The number of alkyl halides is 3. The molecular formula is C30H35F3N4O4. The summed E-state index contributed by atoms with van der Waals surface area (Å²) in [5.74, 6) is 0.105. The number of hydrogen-bond donors (Lipinski definition) is 1. The number of aliphatic carboxylic acids is 1. The van der Waals surface area contributed by atoms with Crippen molar-refractivity contribution in [2.75, 3.05) is 13.1 Å².